The minimum Gasteiger partial charge on any atom is -0.491 e. The average molecular weight is 393 g/mol. The molecular weight excluding hydrogens is 368 g/mol. The number of nitrogens with one attached hydrogen (secondary N) is 1. The molecule has 6 heteroatoms. The molecule has 2 aromatic rings. The van der Waals surface area contributed by atoms with Crippen LogP contribution in [-0.2, 0) is 0 Å². The number of carbonyl (C=O) groups is 1. The lowest BCUT2D eigenvalue weighted by molar-refractivity contribution is -0.0377. The molecule has 1 atom stereocenters. The first kappa shape index (κ1) is 18.1. The third-order valence-corrected chi connectivity index (χ3v) is 7.43. The Morgan fingerprint density at radius 1 is 1.38 bits per heavy atom. The van der Waals surface area contributed by atoms with Gasteiger partial charge in [-0.2, -0.15) is 0 Å². The van der Waals surface area contributed by atoms with Gasteiger partial charge in [0.1, 0.15) is 0 Å². The molecule has 26 heavy (non-hydrogen) atoms. The number of rotatable bonds is 4. The summed E-state index contributed by atoms with van der Waals surface area (Å²) in [7, 11) is 0. The summed E-state index contributed by atoms with van der Waals surface area (Å²) in [5.74, 6) is 1.26. The summed E-state index contributed by atoms with van der Waals surface area (Å²) in [5, 5.41) is 4.93. The summed E-state index contributed by atoms with van der Waals surface area (Å²) in [6.07, 6.45) is 2.34. The van der Waals surface area contributed by atoms with Crippen LogP contribution in [0.2, 0.25) is 5.02 Å². The lowest BCUT2D eigenvalue weighted by Crippen LogP contribution is -2.69. The van der Waals surface area contributed by atoms with Gasteiger partial charge in [0, 0.05) is 11.6 Å². The summed E-state index contributed by atoms with van der Waals surface area (Å²) < 4.78 is 6.65. The number of benzene rings is 1. The van der Waals surface area contributed by atoms with Crippen LogP contribution in [0.1, 0.15) is 43.3 Å². The van der Waals surface area contributed by atoms with Crippen molar-refractivity contribution in [2.45, 2.75) is 45.2 Å². The molecule has 2 bridgehead atoms. The molecule has 0 aliphatic carbocycles. The molecule has 4 heterocycles. The van der Waals surface area contributed by atoms with Gasteiger partial charge in [0.15, 0.2) is 5.75 Å². The summed E-state index contributed by atoms with van der Waals surface area (Å²) in [6, 6.07) is 5.92. The number of hydrogen-bond donors (Lipinski definition) is 1. The van der Waals surface area contributed by atoms with Crippen LogP contribution in [0.3, 0.4) is 0 Å². The molecule has 4 nitrogen and oxygen atoms in total. The van der Waals surface area contributed by atoms with Crippen LogP contribution in [0, 0.1) is 5.92 Å². The van der Waals surface area contributed by atoms with E-state index in [0.29, 0.717) is 23.3 Å². The van der Waals surface area contributed by atoms with E-state index in [0.717, 1.165) is 28.1 Å². The number of nitrogens with zero attached hydrogens (tertiary/aromatic N) is 1. The van der Waals surface area contributed by atoms with Crippen LogP contribution in [0.5, 0.6) is 5.75 Å². The van der Waals surface area contributed by atoms with Crippen molar-refractivity contribution in [1.29, 1.82) is 0 Å². The van der Waals surface area contributed by atoms with Gasteiger partial charge in [0.25, 0.3) is 5.91 Å². The van der Waals surface area contributed by atoms with Crippen molar-refractivity contribution in [3.8, 4) is 5.75 Å². The van der Waals surface area contributed by atoms with E-state index < -0.39 is 0 Å². The summed E-state index contributed by atoms with van der Waals surface area (Å²) in [4.78, 5) is 16.2. The van der Waals surface area contributed by atoms with Crippen molar-refractivity contribution in [3.05, 3.63) is 28.1 Å². The zero-order valence-corrected chi connectivity index (χ0v) is 17.0. The molecular formula is C20H25ClN2O2S. The first-order valence-electron chi connectivity index (χ1n) is 9.32. The van der Waals surface area contributed by atoms with E-state index in [2.05, 4.69) is 24.1 Å². The Hall–Kier alpha value is -1.30. The second kappa shape index (κ2) is 6.70. The Bertz CT molecular complexity index is 840. The molecule has 3 saturated heterocycles. The molecule has 1 amide bonds. The molecule has 0 unspecified atom stereocenters. The van der Waals surface area contributed by atoms with E-state index in [1.165, 1.54) is 24.2 Å². The summed E-state index contributed by atoms with van der Waals surface area (Å²) in [5.41, 5.74) is 0.00724. The highest BCUT2D eigenvalue weighted by atomic mass is 35.5. The number of piperidine rings is 3. The number of hydrogen-bond acceptors (Lipinski definition) is 4. The van der Waals surface area contributed by atoms with E-state index in [-0.39, 0.29) is 17.5 Å². The second-order valence-electron chi connectivity index (χ2n) is 7.77. The molecule has 1 aromatic carbocycles. The van der Waals surface area contributed by atoms with Crippen molar-refractivity contribution in [1.82, 2.24) is 10.2 Å². The van der Waals surface area contributed by atoms with Gasteiger partial charge >= 0.3 is 0 Å². The highest BCUT2D eigenvalue weighted by Crippen LogP contribution is 2.41. The largest absolute Gasteiger partial charge is 0.491 e. The van der Waals surface area contributed by atoms with E-state index in [4.69, 9.17) is 16.3 Å². The fraction of sp³-hybridized carbons (Fsp3) is 0.550. The van der Waals surface area contributed by atoms with Crippen LogP contribution in [-0.4, -0.2) is 42.1 Å². The van der Waals surface area contributed by atoms with Crippen molar-refractivity contribution >= 4 is 38.9 Å². The van der Waals surface area contributed by atoms with Crippen molar-refractivity contribution in [2.24, 2.45) is 5.92 Å². The third-order valence-electron chi connectivity index (χ3n) is 5.98. The maximum Gasteiger partial charge on any atom is 0.261 e. The molecule has 0 spiro atoms. The monoisotopic (exact) mass is 392 g/mol. The molecule has 0 radical (unpaired) electrons. The van der Waals surface area contributed by atoms with Crippen molar-refractivity contribution in [2.75, 3.05) is 19.7 Å². The number of carbonyl (C=O) groups excluding carboxylic acids is 1. The first-order valence-corrected chi connectivity index (χ1v) is 10.5. The van der Waals surface area contributed by atoms with Gasteiger partial charge in [0.2, 0.25) is 0 Å². The van der Waals surface area contributed by atoms with Crippen LogP contribution in [0.25, 0.3) is 10.1 Å². The smallest absolute Gasteiger partial charge is 0.261 e. The fourth-order valence-electron chi connectivity index (χ4n) is 4.53. The van der Waals surface area contributed by atoms with E-state index in [9.17, 15) is 4.79 Å². The molecule has 0 saturated carbocycles. The summed E-state index contributed by atoms with van der Waals surface area (Å²) >= 11 is 7.74. The van der Waals surface area contributed by atoms with Crippen molar-refractivity contribution < 1.29 is 9.53 Å². The van der Waals surface area contributed by atoms with Gasteiger partial charge in [-0.25, -0.2) is 0 Å². The lowest BCUT2D eigenvalue weighted by atomic mass is 9.72. The van der Waals surface area contributed by atoms with Gasteiger partial charge in [0.05, 0.1) is 21.2 Å². The van der Waals surface area contributed by atoms with Crippen LogP contribution >= 0.6 is 22.9 Å². The maximum absolute atomic E-state index is 13.0. The van der Waals surface area contributed by atoms with Gasteiger partial charge in [-0.05, 0) is 70.1 Å². The van der Waals surface area contributed by atoms with Crippen LogP contribution in [0.4, 0.5) is 0 Å². The quantitative estimate of drug-likeness (QED) is 0.829. The average Bonchev–Trinajstić information content (AvgIpc) is 3.05. The molecule has 140 valence electrons. The van der Waals surface area contributed by atoms with E-state index >= 15 is 0 Å². The lowest BCUT2D eigenvalue weighted by Gasteiger charge is -2.56. The van der Waals surface area contributed by atoms with Gasteiger partial charge in [-0.15, -0.1) is 11.3 Å². The van der Waals surface area contributed by atoms with Gasteiger partial charge < -0.3 is 10.1 Å². The molecule has 1 aromatic heterocycles. The Balaban J connectivity index is 1.62. The molecule has 3 aliphatic rings. The minimum atomic E-state index is 0.00724. The highest BCUT2D eigenvalue weighted by Gasteiger charge is 2.48. The third kappa shape index (κ3) is 2.90. The van der Waals surface area contributed by atoms with Crippen molar-refractivity contribution in [3.63, 3.8) is 0 Å². The zero-order chi connectivity index (χ0) is 18.5. The molecule has 1 N–H and O–H groups in total. The number of amides is 1. The number of thiophene rings is 1. The molecule has 3 aliphatic heterocycles. The normalized spacial score (nSPS) is 26.8. The number of fused-ring (bicyclic) bond motifs is 4. The highest BCUT2D eigenvalue weighted by molar-refractivity contribution is 7.21. The standard InChI is InChI=1S/C20H25ClN2O2S/c1-4-25-16-14(21)6-5-13-11-15(26-17(13)16)19(24)22-18-12-7-9-23(10-8-12)20(18,2)3/h5-6,11-12,18H,4,7-10H2,1-3H3,(H,22,24)/t18-/m0/s1. The second-order valence-corrected chi connectivity index (χ2v) is 9.23. The molecule has 3 fully saturated rings. The Morgan fingerprint density at radius 2 is 2.12 bits per heavy atom. The first-order chi connectivity index (χ1) is 12.4. The number of halogens is 1. The number of ether oxygens (including phenoxy) is 1. The topological polar surface area (TPSA) is 41.6 Å². The van der Waals surface area contributed by atoms with Gasteiger partial charge in [-0.3, -0.25) is 9.69 Å². The zero-order valence-electron chi connectivity index (χ0n) is 15.5. The minimum absolute atomic E-state index is 0.00724. The Labute approximate surface area is 163 Å². The SMILES string of the molecule is CCOc1c(Cl)ccc2cc(C(=O)N[C@H]3C4CCN(CC4)C3(C)C)sc12. The Kier molecular flexibility index (Phi) is 4.66. The van der Waals surface area contributed by atoms with E-state index in [1.807, 2.05) is 25.1 Å². The predicted octanol–water partition coefficient (Wildman–Crippen LogP) is 4.56. The Morgan fingerprint density at radius 3 is 2.77 bits per heavy atom. The maximum atomic E-state index is 13.0. The fourth-order valence-corrected chi connectivity index (χ4v) is 5.87. The van der Waals surface area contributed by atoms with Crippen LogP contribution in [0.15, 0.2) is 18.2 Å². The van der Waals surface area contributed by atoms with E-state index in [1.54, 1.807) is 0 Å². The van der Waals surface area contributed by atoms with Crippen LogP contribution < -0.4 is 10.1 Å². The summed E-state index contributed by atoms with van der Waals surface area (Å²) in [6.45, 7) is 9.27. The predicted molar refractivity (Wildman–Crippen MR) is 108 cm³/mol. The van der Waals surface area contributed by atoms with Gasteiger partial charge in [-0.1, -0.05) is 17.7 Å². The molecule has 5 rings (SSSR count).